The minimum absolute atomic E-state index is 0.00460. The lowest BCUT2D eigenvalue weighted by atomic mass is 9.95. The molecule has 1 saturated heterocycles. The van der Waals surface area contributed by atoms with Crippen LogP contribution in [0.2, 0.25) is 10.0 Å². The van der Waals surface area contributed by atoms with Crippen molar-refractivity contribution in [1.29, 1.82) is 0 Å². The molecule has 0 bridgehead atoms. The fraction of sp³-hybridized carbons (Fsp3) is 0.214. The van der Waals surface area contributed by atoms with Crippen molar-refractivity contribution < 1.29 is 19.4 Å². The number of carbonyl (C=O) groups is 2. The molecule has 1 heterocycles. The van der Waals surface area contributed by atoms with Crippen molar-refractivity contribution in [2.24, 2.45) is 0 Å². The Hall–Kier alpha value is -3.28. The number of hydrogen-bond donors (Lipinski definition) is 1. The van der Waals surface area contributed by atoms with Crippen LogP contribution in [0, 0.1) is 0 Å². The number of aliphatic hydroxyl groups excluding tert-OH is 1. The van der Waals surface area contributed by atoms with E-state index in [0.717, 1.165) is 18.4 Å². The standard InChI is InChI=1S/C28H25Cl2NO4/c1-2-3-14-35-21-11-7-10-20(15-21)26(32)24-25(19-12-13-22(29)23(30)16-19)31(28(34)27(24)33)17-18-8-5-4-6-9-18/h4-13,15-16,25,32H,2-3,14,17H2,1H3. The van der Waals surface area contributed by atoms with Gasteiger partial charge in [-0.25, -0.2) is 0 Å². The molecule has 0 radical (unpaired) electrons. The molecule has 4 rings (SSSR count). The van der Waals surface area contributed by atoms with Crippen molar-refractivity contribution in [1.82, 2.24) is 4.90 Å². The SMILES string of the molecule is CCCCOc1cccc(C(O)=C2C(=O)C(=O)N(Cc3ccccc3)C2c2ccc(Cl)c(Cl)c2)c1. The fourth-order valence-corrected chi connectivity index (χ4v) is 4.38. The molecular weight excluding hydrogens is 485 g/mol. The number of likely N-dealkylation sites (tertiary alicyclic amines) is 1. The highest BCUT2D eigenvalue weighted by Crippen LogP contribution is 2.42. The Morgan fingerprint density at radius 3 is 2.46 bits per heavy atom. The summed E-state index contributed by atoms with van der Waals surface area (Å²) in [4.78, 5) is 27.9. The van der Waals surface area contributed by atoms with E-state index in [1.807, 2.05) is 30.3 Å². The van der Waals surface area contributed by atoms with Crippen LogP contribution in [-0.2, 0) is 16.1 Å². The molecule has 1 amide bonds. The lowest BCUT2D eigenvalue weighted by Gasteiger charge is -2.25. The molecule has 3 aromatic rings. The van der Waals surface area contributed by atoms with Crippen LogP contribution in [0.4, 0.5) is 0 Å². The monoisotopic (exact) mass is 509 g/mol. The van der Waals surface area contributed by atoms with Crippen LogP contribution < -0.4 is 4.74 Å². The number of ether oxygens (including phenoxy) is 1. The molecule has 0 aromatic heterocycles. The predicted octanol–water partition coefficient (Wildman–Crippen LogP) is 6.79. The minimum atomic E-state index is -0.838. The van der Waals surface area contributed by atoms with Crippen LogP contribution in [0.3, 0.4) is 0 Å². The normalized spacial score (nSPS) is 17.1. The van der Waals surface area contributed by atoms with E-state index >= 15 is 0 Å². The van der Waals surface area contributed by atoms with Gasteiger partial charge in [-0.2, -0.15) is 0 Å². The van der Waals surface area contributed by atoms with Gasteiger partial charge in [0.1, 0.15) is 11.5 Å². The number of Topliss-reactive ketones (excluding diaryl/α,β-unsaturated/α-hetero) is 1. The summed E-state index contributed by atoms with van der Waals surface area (Å²) < 4.78 is 5.76. The van der Waals surface area contributed by atoms with Crippen LogP contribution in [0.15, 0.2) is 78.4 Å². The van der Waals surface area contributed by atoms with E-state index in [1.54, 1.807) is 42.5 Å². The molecule has 1 unspecified atom stereocenters. The van der Waals surface area contributed by atoms with E-state index in [-0.39, 0.29) is 17.9 Å². The molecule has 35 heavy (non-hydrogen) atoms. The first-order valence-corrected chi connectivity index (χ1v) is 12.2. The predicted molar refractivity (Wildman–Crippen MR) is 138 cm³/mol. The third-order valence-corrected chi connectivity index (χ3v) is 6.61. The maximum Gasteiger partial charge on any atom is 0.295 e. The lowest BCUT2D eigenvalue weighted by Crippen LogP contribution is -2.29. The molecule has 1 aliphatic rings. The molecule has 5 nitrogen and oxygen atoms in total. The van der Waals surface area contributed by atoms with E-state index in [2.05, 4.69) is 6.92 Å². The Morgan fingerprint density at radius 1 is 0.971 bits per heavy atom. The number of amides is 1. The van der Waals surface area contributed by atoms with Gasteiger partial charge in [0.2, 0.25) is 0 Å². The van der Waals surface area contributed by atoms with Crippen molar-refractivity contribution in [3.8, 4) is 5.75 Å². The Balaban J connectivity index is 1.81. The first-order chi connectivity index (χ1) is 16.9. The number of benzene rings is 3. The fourth-order valence-electron chi connectivity index (χ4n) is 4.08. The summed E-state index contributed by atoms with van der Waals surface area (Å²) >= 11 is 12.4. The topological polar surface area (TPSA) is 66.8 Å². The molecule has 0 saturated carbocycles. The summed E-state index contributed by atoms with van der Waals surface area (Å²) in [5, 5.41) is 12.0. The molecule has 1 fully saturated rings. The van der Waals surface area contributed by atoms with Gasteiger partial charge in [0.05, 0.1) is 28.3 Å². The zero-order valence-electron chi connectivity index (χ0n) is 19.2. The maximum atomic E-state index is 13.3. The number of halogens is 2. The maximum absolute atomic E-state index is 13.3. The number of rotatable bonds is 8. The van der Waals surface area contributed by atoms with Crippen LogP contribution in [-0.4, -0.2) is 28.3 Å². The van der Waals surface area contributed by atoms with Gasteiger partial charge in [-0.05, 0) is 41.8 Å². The van der Waals surface area contributed by atoms with Crippen LogP contribution in [0.25, 0.3) is 5.76 Å². The van der Waals surface area contributed by atoms with Crippen LogP contribution in [0.1, 0.15) is 42.5 Å². The molecule has 7 heteroatoms. The Kier molecular flexibility index (Phi) is 7.79. The largest absolute Gasteiger partial charge is 0.507 e. The summed E-state index contributed by atoms with van der Waals surface area (Å²) in [5.74, 6) is -1.14. The molecule has 180 valence electrons. The summed E-state index contributed by atoms with van der Waals surface area (Å²) in [5.41, 5.74) is 1.81. The third-order valence-electron chi connectivity index (χ3n) is 5.87. The van der Waals surface area contributed by atoms with Crippen molar-refractivity contribution >= 4 is 40.7 Å². The van der Waals surface area contributed by atoms with E-state index in [9.17, 15) is 14.7 Å². The Labute approximate surface area is 214 Å². The number of carbonyl (C=O) groups excluding carboxylic acids is 2. The highest BCUT2D eigenvalue weighted by atomic mass is 35.5. The average molecular weight is 510 g/mol. The second kappa shape index (κ2) is 11.0. The Morgan fingerprint density at radius 2 is 1.74 bits per heavy atom. The molecular formula is C28H25Cl2NO4. The van der Waals surface area contributed by atoms with Gasteiger partial charge in [0, 0.05) is 12.1 Å². The first kappa shape index (κ1) is 24.8. The number of ketones is 1. The number of nitrogens with zero attached hydrogens (tertiary/aromatic N) is 1. The van der Waals surface area contributed by atoms with Gasteiger partial charge in [-0.3, -0.25) is 9.59 Å². The zero-order valence-corrected chi connectivity index (χ0v) is 20.7. The van der Waals surface area contributed by atoms with Gasteiger partial charge >= 0.3 is 0 Å². The molecule has 0 spiro atoms. The molecule has 3 aromatic carbocycles. The van der Waals surface area contributed by atoms with E-state index in [1.165, 1.54) is 4.90 Å². The average Bonchev–Trinajstić information content (AvgIpc) is 3.11. The van der Waals surface area contributed by atoms with Crippen molar-refractivity contribution in [3.63, 3.8) is 0 Å². The quantitative estimate of drug-likeness (QED) is 0.157. The van der Waals surface area contributed by atoms with E-state index < -0.39 is 17.7 Å². The summed E-state index contributed by atoms with van der Waals surface area (Å²) in [6.07, 6.45) is 1.90. The molecule has 0 aliphatic carbocycles. The summed E-state index contributed by atoms with van der Waals surface area (Å²) in [6.45, 7) is 2.81. The van der Waals surface area contributed by atoms with Crippen LogP contribution >= 0.6 is 23.2 Å². The lowest BCUT2D eigenvalue weighted by molar-refractivity contribution is -0.140. The molecule has 1 N–H and O–H groups in total. The minimum Gasteiger partial charge on any atom is -0.507 e. The molecule has 1 aliphatic heterocycles. The van der Waals surface area contributed by atoms with Gasteiger partial charge in [0.25, 0.3) is 11.7 Å². The number of hydrogen-bond acceptors (Lipinski definition) is 4. The number of unbranched alkanes of at least 4 members (excludes halogenated alkanes) is 1. The Bertz CT molecular complexity index is 1270. The van der Waals surface area contributed by atoms with Crippen molar-refractivity contribution in [2.75, 3.05) is 6.61 Å². The van der Waals surface area contributed by atoms with Crippen LogP contribution in [0.5, 0.6) is 5.75 Å². The van der Waals surface area contributed by atoms with Crippen molar-refractivity contribution in [2.45, 2.75) is 32.4 Å². The van der Waals surface area contributed by atoms with Gasteiger partial charge in [-0.15, -0.1) is 0 Å². The van der Waals surface area contributed by atoms with Gasteiger partial charge < -0.3 is 14.7 Å². The molecule has 1 atom stereocenters. The second-order valence-corrected chi connectivity index (χ2v) is 9.13. The number of aliphatic hydroxyl groups is 1. The van der Waals surface area contributed by atoms with E-state index in [4.69, 9.17) is 27.9 Å². The third kappa shape index (κ3) is 5.37. The second-order valence-electron chi connectivity index (χ2n) is 8.32. The van der Waals surface area contributed by atoms with Crippen molar-refractivity contribution in [3.05, 3.63) is 105 Å². The van der Waals surface area contributed by atoms with E-state index in [0.29, 0.717) is 33.5 Å². The van der Waals surface area contributed by atoms with Gasteiger partial charge in [0.15, 0.2) is 0 Å². The summed E-state index contributed by atoms with van der Waals surface area (Å²) in [7, 11) is 0. The summed E-state index contributed by atoms with van der Waals surface area (Å²) in [6, 6.07) is 20.3. The zero-order chi connectivity index (χ0) is 24.9. The highest BCUT2D eigenvalue weighted by molar-refractivity contribution is 6.46. The smallest absolute Gasteiger partial charge is 0.295 e. The first-order valence-electron chi connectivity index (χ1n) is 11.4. The highest BCUT2D eigenvalue weighted by Gasteiger charge is 2.46. The van der Waals surface area contributed by atoms with Gasteiger partial charge in [-0.1, -0.05) is 85.1 Å².